The lowest BCUT2D eigenvalue weighted by Crippen LogP contribution is -2.58. The number of aliphatic hydroxyl groups is 1. The summed E-state index contributed by atoms with van der Waals surface area (Å²) in [6.07, 6.45) is 14.1. The number of hydrogen-bond donors (Lipinski definition) is 1. The van der Waals surface area contributed by atoms with Crippen LogP contribution >= 0.6 is 0 Å². The van der Waals surface area contributed by atoms with Crippen LogP contribution in [-0.4, -0.2) is 30.2 Å². The Kier molecular flexibility index (Phi) is 4.03. The molecule has 0 heterocycles. The average molecular weight is 373 g/mol. The molecule has 0 saturated heterocycles. The monoisotopic (exact) mass is 372 g/mol. The van der Waals surface area contributed by atoms with Crippen LogP contribution < -0.4 is 0 Å². The molecule has 3 nitrogen and oxygen atoms in total. The standard InChI is InChI=1S/C24H36O3/c1-15-21(26)22(2,16-7-5-4-6-8-16)14-19(25)24-13-17(24)9-11-23(15)12-10-18(27-3)20(23)24/h5,7,15-20,25H,4,6,8-14H2,1-3H3/t15-,16?,17-,18+,19+,20?,22-,23?,24-/m0/s1. The lowest BCUT2D eigenvalue weighted by Gasteiger charge is -2.55. The van der Waals surface area contributed by atoms with Gasteiger partial charge in [-0.2, -0.15) is 0 Å². The maximum absolute atomic E-state index is 14.0. The summed E-state index contributed by atoms with van der Waals surface area (Å²) in [5.74, 6) is 1.81. The molecule has 27 heavy (non-hydrogen) atoms. The molecule has 5 aliphatic carbocycles. The van der Waals surface area contributed by atoms with E-state index in [1.807, 2.05) is 7.11 Å². The smallest absolute Gasteiger partial charge is 0.142 e. The molecule has 0 amide bonds. The number of carbonyl (C=O) groups excluding carboxylic acids is 1. The van der Waals surface area contributed by atoms with Crippen LogP contribution in [0.15, 0.2) is 12.2 Å². The minimum atomic E-state index is -0.420. The largest absolute Gasteiger partial charge is 0.392 e. The van der Waals surface area contributed by atoms with E-state index in [0.29, 0.717) is 24.0 Å². The third-order valence-corrected chi connectivity index (χ3v) is 10.1. The fourth-order valence-electron chi connectivity index (χ4n) is 8.52. The van der Waals surface area contributed by atoms with Gasteiger partial charge in [0, 0.05) is 23.9 Å². The summed E-state index contributed by atoms with van der Waals surface area (Å²) in [7, 11) is 1.84. The van der Waals surface area contributed by atoms with E-state index in [9.17, 15) is 9.90 Å². The van der Waals surface area contributed by atoms with E-state index in [1.54, 1.807) is 0 Å². The lowest BCUT2D eigenvalue weighted by atomic mass is 9.49. The number of hydrogen-bond acceptors (Lipinski definition) is 3. The number of allylic oxidation sites excluding steroid dienone is 2. The van der Waals surface area contributed by atoms with E-state index in [0.717, 1.165) is 38.5 Å². The molecular weight excluding hydrogens is 336 g/mol. The number of carbonyl (C=O) groups is 1. The highest BCUT2D eigenvalue weighted by atomic mass is 16.5. The van der Waals surface area contributed by atoms with Crippen LogP contribution in [0.25, 0.3) is 0 Å². The predicted octanol–water partition coefficient (Wildman–Crippen LogP) is 4.53. The van der Waals surface area contributed by atoms with Gasteiger partial charge in [-0.15, -0.1) is 0 Å². The second-order valence-corrected chi connectivity index (χ2v) is 10.8. The van der Waals surface area contributed by atoms with E-state index >= 15 is 0 Å². The molecular formula is C24H36O3. The van der Waals surface area contributed by atoms with E-state index in [2.05, 4.69) is 26.0 Å². The molecule has 9 atom stereocenters. The van der Waals surface area contributed by atoms with Crippen LogP contribution in [0.3, 0.4) is 0 Å². The first-order valence-electron chi connectivity index (χ1n) is 11.3. The summed E-state index contributed by atoms with van der Waals surface area (Å²) in [5, 5.41) is 11.6. The Morgan fingerprint density at radius 1 is 1.19 bits per heavy atom. The zero-order valence-electron chi connectivity index (χ0n) is 17.2. The molecule has 5 aliphatic rings. The Bertz CT molecular complexity index is 671. The van der Waals surface area contributed by atoms with Crippen LogP contribution in [0.1, 0.15) is 71.6 Å². The summed E-state index contributed by atoms with van der Waals surface area (Å²) in [4.78, 5) is 14.0. The molecule has 3 heteroatoms. The van der Waals surface area contributed by atoms with E-state index in [1.165, 1.54) is 12.8 Å². The van der Waals surface area contributed by atoms with Crippen molar-refractivity contribution in [2.45, 2.75) is 83.8 Å². The Hall–Kier alpha value is -0.670. The SMILES string of the molecule is CO[C@@H]1CCC23CC[C@H]4C[C@@]4(C12)[C@H](O)C[C@@](C)(C1C=CCCC1)C(=O)[C@@H]3C. The van der Waals surface area contributed by atoms with Crippen molar-refractivity contribution in [2.75, 3.05) is 7.11 Å². The van der Waals surface area contributed by atoms with Crippen molar-refractivity contribution in [3.8, 4) is 0 Å². The number of Topliss-reactive ketones (excluding diaryl/α,β-unsaturated/α-hetero) is 1. The van der Waals surface area contributed by atoms with Gasteiger partial charge in [-0.05, 0) is 81.0 Å². The summed E-state index contributed by atoms with van der Waals surface area (Å²) < 4.78 is 5.97. The maximum Gasteiger partial charge on any atom is 0.142 e. The van der Waals surface area contributed by atoms with Crippen molar-refractivity contribution >= 4 is 5.78 Å². The number of ether oxygens (including phenoxy) is 1. The normalized spacial score (nSPS) is 56.8. The van der Waals surface area contributed by atoms with Crippen LogP contribution in [0, 0.1) is 39.9 Å². The molecule has 0 aliphatic heterocycles. The highest BCUT2D eigenvalue weighted by Gasteiger charge is 2.76. The third kappa shape index (κ3) is 2.19. The number of aliphatic hydroxyl groups excluding tert-OH is 1. The minimum Gasteiger partial charge on any atom is -0.392 e. The Morgan fingerprint density at radius 3 is 2.67 bits per heavy atom. The van der Waals surface area contributed by atoms with Gasteiger partial charge < -0.3 is 9.84 Å². The summed E-state index contributed by atoms with van der Waals surface area (Å²) in [6, 6.07) is 0. The van der Waals surface area contributed by atoms with Gasteiger partial charge in [0.1, 0.15) is 5.78 Å². The van der Waals surface area contributed by atoms with Crippen LogP contribution in [0.5, 0.6) is 0 Å². The topological polar surface area (TPSA) is 46.5 Å². The summed E-state index contributed by atoms with van der Waals surface area (Å²) in [5.41, 5.74) is -0.355. The molecule has 150 valence electrons. The van der Waals surface area contributed by atoms with Crippen molar-refractivity contribution in [2.24, 2.45) is 39.9 Å². The van der Waals surface area contributed by atoms with Crippen molar-refractivity contribution in [3.05, 3.63) is 12.2 Å². The summed E-state index contributed by atoms with van der Waals surface area (Å²) >= 11 is 0. The van der Waals surface area contributed by atoms with Crippen LogP contribution in [0.4, 0.5) is 0 Å². The molecule has 0 aromatic rings. The van der Waals surface area contributed by atoms with E-state index < -0.39 is 5.41 Å². The van der Waals surface area contributed by atoms with Crippen LogP contribution in [0.2, 0.25) is 0 Å². The first-order chi connectivity index (χ1) is 12.9. The third-order valence-electron chi connectivity index (χ3n) is 10.1. The highest BCUT2D eigenvalue weighted by molar-refractivity contribution is 5.88. The maximum atomic E-state index is 14.0. The highest BCUT2D eigenvalue weighted by Crippen LogP contribution is 2.77. The van der Waals surface area contributed by atoms with Gasteiger partial charge in [0.25, 0.3) is 0 Å². The molecule has 1 N–H and O–H groups in total. The molecule has 2 bridgehead atoms. The molecule has 0 aromatic heterocycles. The van der Waals surface area contributed by atoms with Crippen LogP contribution in [-0.2, 0) is 9.53 Å². The molecule has 0 radical (unpaired) electrons. The van der Waals surface area contributed by atoms with Gasteiger partial charge in [-0.1, -0.05) is 26.0 Å². The van der Waals surface area contributed by atoms with Gasteiger partial charge in [-0.3, -0.25) is 4.79 Å². The molecule has 4 fully saturated rings. The fourth-order valence-corrected chi connectivity index (χ4v) is 8.52. The first kappa shape index (κ1) is 18.4. The minimum absolute atomic E-state index is 0.0179. The first-order valence-corrected chi connectivity index (χ1v) is 11.3. The molecule has 4 saturated carbocycles. The van der Waals surface area contributed by atoms with E-state index in [4.69, 9.17) is 4.74 Å². The quantitative estimate of drug-likeness (QED) is 0.725. The average Bonchev–Trinajstić information content (AvgIpc) is 3.32. The number of rotatable bonds is 2. The molecule has 5 rings (SSSR count). The Labute approximate surface area is 163 Å². The molecule has 1 spiro atoms. The number of methoxy groups -OCH3 is 1. The van der Waals surface area contributed by atoms with Gasteiger partial charge in [-0.25, -0.2) is 0 Å². The van der Waals surface area contributed by atoms with Gasteiger partial charge >= 0.3 is 0 Å². The molecule has 3 unspecified atom stereocenters. The lowest BCUT2D eigenvalue weighted by molar-refractivity contribution is -0.163. The predicted molar refractivity (Wildman–Crippen MR) is 105 cm³/mol. The fraction of sp³-hybridized carbons (Fsp3) is 0.875. The van der Waals surface area contributed by atoms with Crippen molar-refractivity contribution < 1.29 is 14.6 Å². The molecule has 0 aromatic carbocycles. The zero-order chi connectivity index (χ0) is 19.0. The van der Waals surface area contributed by atoms with Crippen molar-refractivity contribution in [1.29, 1.82) is 0 Å². The Morgan fingerprint density at radius 2 is 1.96 bits per heavy atom. The second kappa shape index (κ2) is 5.92. The Balaban J connectivity index is 1.62. The van der Waals surface area contributed by atoms with Gasteiger partial charge in [0.15, 0.2) is 0 Å². The number of ketones is 1. The van der Waals surface area contributed by atoms with Gasteiger partial charge in [0.2, 0.25) is 0 Å². The zero-order valence-corrected chi connectivity index (χ0v) is 17.2. The second-order valence-electron chi connectivity index (χ2n) is 10.8. The van der Waals surface area contributed by atoms with Gasteiger partial charge in [0.05, 0.1) is 12.2 Å². The van der Waals surface area contributed by atoms with Crippen molar-refractivity contribution in [3.63, 3.8) is 0 Å². The van der Waals surface area contributed by atoms with E-state index in [-0.39, 0.29) is 34.9 Å². The summed E-state index contributed by atoms with van der Waals surface area (Å²) in [6.45, 7) is 4.41. The van der Waals surface area contributed by atoms with Crippen molar-refractivity contribution in [1.82, 2.24) is 0 Å².